The number of carboxylic acids is 1. The SMILES string of the molecule is O=C(O)c1ccc(F)c(S(=O)C2CCS(=O)(=O)C2)c1. The third-order valence-corrected chi connectivity index (χ3v) is 6.62. The summed E-state index contributed by atoms with van der Waals surface area (Å²) in [6.07, 6.45) is 0.200. The first kappa shape index (κ1) is 14.1. The molecule has 0 aliphatic carbocycles. The van der Waals surface area contributed by atoms with Gasteiger partial charge in [-0.25, -0.2) is 17.6 Å². The zero-order chi connectivity index (χ0) is 14.2. The zero-order valence-corrected chi connectivity index (χ0v) is 11.3. The standard InChI is InChI=1S/C11H11FO5S2/c12-9-2-1-7(11(13)14)5-10(9)18(15)8-3-4-19(16,17)6-8/h1-2,5,8H,3-4,6H2,(H,13,14). The Morgan fingerprint density at radius 1 is 1.42 bits per heavy atom. The minimum Gasteiger partial charge on any atom is -0.478 e. The average Bonchev–Trinajstić information content (AvgIpc) is 2.69. The molecule has 1 aromatic carbocycles. The van der Waals surface area contributed by atoms with Crippen LogP contribution in [0.15, 0.2) is 23.1 Å². The number of carboxylic acid groups (broad SMARTS) is 1. The Bertz CT molecular complexity index is 653. The summed E-state index contributed by atoms with van der Waals surface area (Å²) in [5.74, 6) is -2.36. The third kappa shape index (κ3) is 3.01. The van der Waals surface area contributed by atoms with Gasteiger partial charge in [0.1, 0.15) is 5.82 Å². The molecule has 0 aromatic heterocycles. The first-order valence-corrected chi connectivity index (χ1v) is 8.47. The van der Waals surface area contributed by atoms with Gasteiger partial charge in [0.15, 0.2) is 9.84 Å². The maximum Gasteiger partial charge on any atom is 0.335 e. The first-order chi connectivity index (χ1) is 8.80. The topological polar surface area (TPSA) is 88.5 Å². The van der Waals surface area contributed by atoms with E-state index in [4.69, 9.17) is 5.11 Å². The predicted octanol–water partition coefficient (Wildman–Crippen LogP) is 0.819. The van der Waals surface area contributed by atoms with Crippen LogP contribution in [-0.4, -0.2) is 40.5 Å². The molecule has 104 valence electrons. The van der Waals surface area contributed by atoms with Gasteiger partial charge >= 0.3 is 5.97 Å². The largest absolute Gasteiger partial charge is 0.478 e. The van der Waals surface area contributed by atoms with Gasteiger partial charge in [0.05, 0.1) is 38.0 Å². The molecule has 2 rings (SSSR count). The molecule has 1 aliphatic heterocycles. The van der Waals surface area contributed by atoms with Crippen LogP contribution in [0.1, 0.15) is 16.8 Å². The lowest BCUT2D eigenvalue weighted by molar-refractivity contribution is 0.0696. The molecule has 1 aromatic rings. The molecule has 5 nitrogen and oxygen atoms in total. The molecule has 8 heteroatoms. The average molecular weight is 306 g/mol. The molecular formula is C11H11FO5S2. The zero-order valence-electron chi connectivity index (χ0n) is 9.71. The van der Waals surface area contributed by atoms with Crippen LogP contribution < -0.4 is 0 Å². The molecule has 0 amide bonds. The Balaban J connectivity index is 2.34. The van der Waals surface area contributed by atoms with Crippen LogP contribution in [0, 0.1) is 5.82 Å². The summed E-state index contributed by atoms with van der Waals surface area (Å²) in [6.45, 7) is 0. The van der Waals surface area contributed by atoms with Crippen molar-refractivity contribution in [2.45, 2.75) is 16.6 Å². The van der Waals surface area contributed by atoms with Crippen LogP contribution in [0.5, 0.6) is 0 Å². The summed E-state index contributed by atoms with van der Waals surface area (Å²) < 4.78 is 48.4. The molecule has 2 atom stereocenters. The van der Waals surface area contributed by atoms with Gasteiger partial charge in [0.2, 0.25) is 0 Å². The third-order valence-electron chi connectivity index (χ3n) is 2.89. The Morgan fingerprint density at radius 2 is 2.11 bits per heavy atom. The van der Waals surface area contributed by atoms with Crippen LogP contribution in [0.4, 0.5) is 4.39 Å². The van der Waals surface area contributed by atoms with E-state index < -0.39 is 37.7 Å². The van der Waals surface area contributed by atoms with E-state index in [0.717, 1.165) is 18.2 Å². The maximum atomic E-state index is 13.6. The molecule has 1 aliphatic rings. The number of hydrogen-bond acceptors (Lipinski definition) is 4. The second-order valence-electron chi connectivity index (χ2n) is 4.27. The van der Waals surface area contributed by atoms with Crippen molar-refractivity contribution in [2.24, 2.45) is 0 Å². The van der Waals surface area contributed by atoms with Crippen molar-refractivity contribution in [3.63, 3.8) is 0 Å². The van der Waals surface area contributed by atoms with E-state index >= 15 is 0 Å². The van der Waals surface area contributed by atoms with E-state index in [-0.39, 0.29) is 28.4 Å². The quantitative estimate of drug-likeness (QED) is 0.893. The van der Waals surface area contributed by atoms with Crippen molar-refractivity contribution in [1.82, 2.24) is 0 Å². The second-order valence-corrected chi connectivity index (χ2v) is 8.20. The fourth-order valence-electron chi connectivity index (χ4n) is 1.90. The van der Waals surface area contributed by atoms with E-state index in [1.807, 2.05) is 0 Å². The lowest BCUT2D eigenvalue weighted by Gasteiger charge is -2.09. The summed E-state index contributed by atoms with van der Waals surface area (Å²) in [7, 11) is -5.08. The van der Waals surface area contributed by atoms with E-state index in [9.17, 15) is 21.8 Å². The number of aromatic carboxylic acids is 1. The molecule has 0 radical (unpaired) electrons. The van der Waals surface area contributed by atoms with Gasteiger partial charge in [-0.2, -0.15) is 0 Å². The van der Waals surface area contributed by atoms with Gasteiger partial charge < -0.3 is 5.11 Å². The monoisotopic (exact) mass is 306 g/mol. The van der Waals surface area contributed by atoms with E-state index in [0.29, 0.717) is 0 Å². The van der Waals surface area contributed by atoms with E-state index in [1.165, 1.54) is 0 Å². The Labute approximate surface area is 111 Å². The highest BCUT2D eigenvalue weighted by Gasteiger charge is 2.33. The molecule has 1 N–H and O–H groups in total. The number of sulfone groups is 1. The molecule has 0 spiro atoms. The smallest absolute Gasteiger partial charge is 0.335 e. The number of benzene rings is 1. The van der Waals surface area contributed by atoms with Gasteiger partial charge in [-0.05, 0) is 24.6 Å². The van der Waals surface area contributed by atoms with E-state index in [2.05, 4.69) is 0 Å². The molecule has 1 fully saturated rings. The molecule has 0 saturated carbocycles. The molecule has 1 heterocycles. The maximum absolute atomic E-state index is 13.6. The second kappa shape index (κ2) is 5.01. The summed E-state index contributed by atoms with van der Waals surface area (Å²) in [4.78, 5) is 10.5. The Kier molecular flexibility index (Phi) is 3.73. The van der Waals surface area contributed by atoms with Crippen molar-refractivity contribution in [2.75, 3.05) is 11.5 Å². The first-order valence-electron chi connectivity index (χ1n) is 5.44. The van der Waals surface area contributed by atoms with Gasteiger partial charge in [-0.1, -0.05) is 0 Å². The van der Waals surface area contributed by atoms with Gasteiger partial charge in [0, 0.05) is 0 Å². The highest BCUT2D eigenvalue weighted by atomic mass is 32.2. The van der Waals surface area contributed by atoms with Gasteiger partial charge in [-0.15, -0.1) is 0 Å². The molecule has 0 bridgehead atoms. The highest BCUT2D eigenvalue weighted by Crippen LogP contribution is 2.24. The normalized spacial score (nSPS) is 23.1. The highest BCUT2D eigenvalue weighted by molar-refractivity contribution is 7.94. The van der Waals surface area contributed by atoms with Crippen LogP contribution in [0.3, 0.4) is 0 Å². The number of carbonyl (C=O) groups is 1. The van der Waals surface area contributed by atoms with Crippen molar-refractivity contribution >= 4 is 26.6 Å². The van der Waals surface area contributed by atoms with Crippen LogP contribution in [0.25, 0.3) is 0 Å². The minimum absolute atomic E-state index is 0.0658. The summed E-state index contributed by atoms with van der Waals surface area (Å²) in [5.41, 5.74) is -0.175. The van der Waals surface area contributed by atoms with Crippen molar-refractivity contribution < 1.29 is 26.9 Å². The fraction of sp³-hybridized carbons (Fsp3) is 0.364. The van der Waals surface area contributed by atoms with Crippen LogP contribution >= 0.6 is 0 Å². The summed E-state index contributed by atoms with van der Waals surface area (Å²) in [6, 6.07) is 3.00. The lowest BCUT2D eigenvalue weighted by atomic mass is 10.2. The minimum atomic E-state index is -3.22. The number of halogens is 1. The van der Waals surface area contributed by atoms with Crippen LogP contribution in [-0.2, 0) is 20.6 Å². The van der Waals surface area contributed by atoms with Crippen molar-refractivity contribution in [3.05, 3.63) is 29.6 Å². The van der Waals surface area contributed by atoms with Crippen molar-refractivity contribution in [3.8, 4) is 0 Å². The molecule has 2 unspecified atom stereocenters. The van der Waals surface area contributed by atoms with Crippen LogP contribution in [0.2, 0.25) is 0 Å². The fourth-order valence-corrected chi connectivity index (χ4v) is 5.90. The molecular weight excluding hydrogens is 295 g/mol. The molecule has 19 heavy (non-hydrogen) atoms. The Hall–Kier alpha value is -1.28. The predicted molar refractivity (Wildman–Crippen MR) is 66.8 cm³/mol. The number of rotatable bonds is 3. The molecule has 1 saturated heterocycles. The summed E-state index contributed by atoms with van der Waals surface area (Å²) >= 11 is 0. The summed E-state index contributed by atoms with van der Waals surface area (Å²) in [5, 5.41) is 8.14. The van der Waals surface area contributed by atoms with Crippen molar-refractivity contribution in [1.29, 1.82) is 0 Å². The van der Waals surface area contributed by atoms with Gasteiger partial charge in [0.25, 0.3) is 0 Å². The Morgan fingerprint density at radius 3 is 2.63 bits per heavy atom. The number of hydrogen-bond donors (Lipinski definition) is 1. The van der Waals surface area contributed by atoms with Gasteiger partial charge in [-0.3, -0.25) is 4.21 Å². The lowest BCUT2D eigenvalue weighted by Crippen LogP contribution is -2.18. The van der Waals surface area contributed by atoms with E-state index in [1.54, 1.807) is 0 Å².